The van der Waals surface area contributed by atoms with Crippen LogP contribution >= 0.6 is 0 Å². The molecule has 3 rings (SSSR count). The van der Waals surface area contributed by atoms with Crippen molar-refractivity contribution in [1.82, 2.24) is 5.43 Å². The molecule has 152 valence electrons. The van der Waals surface area contributed by atoms with Crippen LogP contribution in [0.2, 0.25) is 0 Å². The van der Waals surface area contributed by atoms with E-state index >= 15 is 0 Å². The quantitative estimate of drug-likeness (QED) is 0.221. The highest BCUT2D eigenvalue weighted by Crippen LogP contribution is 2.20. The Balaban J connectivity index is 1.68. The van der Waals surface area contributed by atoms with Crippen LogP contribution in [0.1, 0.15) is 23.0 Å². The van der Waals surface area contributed by atoms with Gasteiger partial charge in [0.15, 0.2) is 0 Å². The number of halogens is 1. The number of nitrogens with zero attached hydrogens (tertiary/aromatic N) is 1. The Morgan fingerprint density at radius 2 is 1.70 bits per heavy atom. The fourth-order valence-electron chi connectivity index (χ4n) is 2.39. The number of ether oxygens (including phenoxy) is 1. The van der Waals surface area contributed by atoms with Crippen molar-refractivity contribution in [2.24, 2.45) is 5.10 Å². The lowest BCUT2D eigenvalue weighted by atomic mass is 10.1. The summed E-state index contributed by atoms with van der Waals surface area (Å²) in [6, 6.07) is 15.0. The normalized spacial score (nSPS) is 10.9. The number of para-hydroxylation sites is 2. The van der Waals surface area contributed by atoms with E-state index in [9.17, 15) is 18.8 Å². The van der Waals surface area contributed by atoms with Crippen LogP contribution in [0.3, 0.4) is 0 Å². The van der Waals surface area contributed by atoms with Gasteiger partial charge in [0.25, 0.3) is 0 Å². The SMILES string of the molecule is CC(=NNC(=O)C(=O)Nc1ccccc1F)c1ccccc1OC(=O)c1ccco1. The van der Waals surface area contributed by atoms with Crippen LogP contribution in [0.15, 0.2) is 76.4 Å². The Hall–Kier alpha value is -4.27. The van der Waals surface area contributed by atoms with Crippen LogP contribution in [0.4, 0.5) is 10.1 Å². The molecule has 0 saturated heterocycles. The number of hydrogen-bond donors (Lipinski definition) is 2. The molecule has 1 heterocycles. The van der Waals surface area contributed by atoms with E-state index in [4.69, 9.17) is 9.15 Å². The van der Waals surface area contributed by atoms with E-state index in [0.29, 0.717) is 5.56 Å². The molecule has 0 saturated carbocycles. The monoisotopic (exact) mass is 409 g/mol. The first-order valence-corrected chi connectivity index (χ1v) is 8.71. The fourth-order valence-corrected chi connectivity index (χ4v) is 2.39. The van der Waals surface area contributed by atoms with Gasteiger partial charge in [-0.25, -0.2) is 14.6 Å². The molecular weight excluding hydrogens is 393 g/mol. The van der Waals surface area contributed by atoms with Crippen molar-refractivity contribution in [2.75, 3.05) is 5.32 Å². The largest absolute Gasteiger partial charge is 0.457 e. The third-order valence-electron chi connectivity index (χ3n) is 3.86. The number of carbonyl (C=O) groups is 3. The summed E-state index contributed by atoms with van der Waals surface area (Å²) in [6.07, 6.45) is 1.34. The number of benzene rings is 2. The van der Waals surface area contributed by atoms with E-state index < -0.39 is 23.6 Å². The van der Waals surface area contributed by atoms with Gasteiger partial charge in [-0.1, -0.05) is 24.3 Å². The van der Waals surface area contributed by atoms with Crippen LogP contribution < -0.4 is 15.5 Å². The third kappa shape index (κ3) is 4.96. The van der Waals surface area contributed by atoms with Gasteiger partial charge >= 0.3 is 17.8 Å². The van der Waals surface area contributed by atoms with Gasteiger partial charge in [-0.15, -0.1) is 0 Å². The number of esters is 1. The summed E-state index contributed by atoms with van der Waals surface area (Å²) in [5.41, 5.74) is 2.63. The lowest BCUT2D eigenvalue weighted by molar-refractivity contribution is -0.136. The number of furan rings is 1. The molecule has 2 aromatic carbocycles. The minimum atomic E-state index is -1.09. The standard InChI is InChI=1S/C21H16FN3O5/c1-13(24-25-20(27)19(26)23-16-9-4-3-8-15(16)22)14-7-2-5-10-17(14)30-21(28)18-11-6-12-29-18/h2-12H,1H3,(H,23,26)(H,25,27). The van der Waals surface area contributed by atoms with E-state index in [1.165, 1.54) is 30.5 Å². The molecule has 0 spiro atoms. The van der Waals surface area contributed by atoms with Gasteiger partial charge in [-0.05, 0) is 43.3 Å². The lowest BCUT2D eigenvalue weighted by Gasteiger charge is -2.09. The maximum Gasteiger partial charge on any atom is 0.379 e. The van der Waals surface area contributed by atoms with E-state index in [2.05, 4.69) is 15.8 Å². The molecular formula is C21H16FN3O5. The summed E-state index contributed by atoms with van der Waals surface area (Å²) in [7, 11) is 0. The summed E-state index contributed by atoms with van der Waals surface area (Å²) in [5, 5.41) is 6.01. The Labute approximate surface area is 170 Å². The van der Waals surface area contributed by atoms with Gasteiger partial charge < -0.3 is 14.5 Å². The van der Waals surface area contributed by atoms with Gasteiger partial charge in [-0.3, -0.25) is 9.59 Å². The number of amides is 2. The second-order valence-electron chi connectivity index (χ2n) is 5.94. The van der Waals surface area contributed by atoms with Crippen molar-refractivity contribution < 1.29 is 27.9 Å². The van der Waals surface area contributed by atoms with Crippen molar-refractivity contribution in [3.05, 3.63) is 84.1 Å². The molecule has 1 aromatic heterocycles. The summed E-state index contributed by atoms with van der Waals surface area (Å²) < 4.78 is 23.9. The molecule has 3 aromatic rings. The lowest BCUT2D eigenvalue weighted by Crippen LogP contribution is -2.33. The van der Waals surface area contributed by atoms with Gasteiger partial charge in [0.2, 0.25) is 5.76 Å². The van der Waals surface area contributed by atoms with Crippen molar-refractivity contribution >= 4 is 29.2 Å². The summed E-state index contributed by atoms with van der Waals surface area (Å²) in [4.78, 5) is 36.0. The predicted molar refractivity (Wildman–Crippen MR) is 105 cm³/mol. The molecule has 2 amide bonds. The smallest absolute Gasteiger partial charge is 0.379 e. The van der Waals surface area contributed by atoms with E-state index in [0.717, 1.165) is 6.07 Å². The number of rotatable bonds is 5. The second-order valence-corrected chi connectivity index (χ2v) is 5.94. The van der Waals surface area contributed by atoms with Crippen molar-refractivity contribution in [3.63, 3.8) is 0 Å². The van der Waals surface area contributed by atoms with Gasteiger partial charge in [0, 0.05) is 5.56 Å². The molecule has 0 atom stereocenters. The number of carbonyl (C=O) groups excluding carboxylic acids is 3. The van der Waals surface area contributed by atoms with Gasteiger partial charge in [0.05, 0.1) is 17.7 Å². The zero-order chi connectivity index (χ0) is 21.5. The Morgan fingerprint density at radius 1 is 0.967 bits per heavy atom. The Kier molecular flexibility index (Phi) is 6.33. The maximum atomic E-state index is 13.6. The van der Waals surface area contributed by atoms with Crippen LogP contribution in [-0.2, 0) is 9.59 Å². The Morgan fingerprint density at radius 3 is 2.43 bits per heavy atom. The van der Waals surface area contributed by atoms with E-state index in [1.807, 2.05) is 0 Å². The summed E-state index contributed by atoms with van der Waals surface area (Å²) in [6.45, 7) is 1.55. The summed E-state index contributed by atoms with van der Waals surface area (Å²) in [5.74, 6) is -3.35. The van der Waals surface area contributed by atoms with Crippen LogP contribution in [-0.4, -0.2) is 23.5 Å². The molecule has 2 N–H and O–H groups in total. The molecule has 0 aliphatic rings. The molecule has 8 nitrogen and oxygen atoms in total. The second kappa shape index (κ2) is 9.28. The average Bonchev–Trinajstić information content (AvgIpc) is 3.29. The number of anilines is 1. The minimum absolute atomic E-state index is 0.0255. The third-order valence-corrected chi connectivity index (χ3v) is 3.86. The van der Waals surface area contributed by atoms with Gasteiger partial charge in [0.1, 0.15) is 11.6 Å². The van der Waals surface area contributed by atoms with Crippen molar-refractivity contribution in [2.45, 2.75) is 6.92 Å². The average molecular weight is 409 g/mol. The highest BCUT2D eigenvalue weighted by atomic mass is 19.1. The van der Waals surface area contributed by atoms with Crippen LogP contribution in [0.25, 0.3) is 0 Å². The van der Waals surface area contributed by atoms with Gasteiger partial charge in [-0.2, -0.15) is 5.10 Å². The highest BCUT2D eigenvalue weighted by Gasteiger charge is 2.17. The first kappa shape index (κ1) is 20.5. The molecule has 0 bridgehead atoms. The molecule has 30 heavy (non-hydrogen) atoms. The first-order valence-electron chi connectivity index (χ1n) is 8.71. The molecule has 0 aliphatic heterocycles. The molecule has 9 heteroatoms. The topological polar surface area (TPSA) is 110 Å². The van der Waals surface area contributed by atoms with Crippen LogP contribution in [0.5, 0.6) is 5.75 Å². The molecule has 0 aliphatic carbocycles. The van der Waals surface area contributed by atoms with E-state index in [-0.39, 0.29) is 22.9 Å². The molecule has 0 fully saturated rings. The zero-order valence-corrected chi connectivity index (χ0v) is 15.7. The summed E-state index contributed by atoms with van der Waals surface area (Å²) >= 11 is 0. The zero-order valence-electron chi connectivity index (χ0n) is 15.7. The first-order chi connectivity index (χ1) is 14.5. The number of nitrogens with one attached hydrogen (secondary N) is 2. The number of hydrogen-bond acceptors (Lipinski definition) is 6. The van der Waals surface area contributed by atoms with Crippen molar-refractivity contribution in [1.29, 1.82) is 0 Å². The minimum Gasteiger partial charge on any atom is -0.457 e. The van der Waals surface area contributed by atoms with Crippen LogP contribution in [0, 0.1) is 5.82 Å². The highest BCUT2D eigenvalue weighted by molar-refractivity contribution is 6.39. The molecule has 0 unspecified atom stereocenters. The fraction of sp³-hybridized carbons (Fsp3) is 0.0476. The van der Waals surface area contributed by atoms with Crippen molar-refractivity contribution in [3.8, 4) is 5.75 Å². The maximum absolute atomic E-state index is 13.6. The number of hydrazone groups is 1. The predicted octanol–water partition coefficient (Wildman–Crippen LogP) is 3.12. The Bertz CT molecular complexity index is 1110. The molecule has 0 radical (unpaired) electrons. The van der Waals surface area contributed by atoms with E-state index in [1.54, 1.807) is 37.3 Å².